The smallest absolute Gasteiger partial charge is 0.429 e. The van der Waals surface area contributed by atoms with Gasteiger partial charge in [-0.2, -0.15) is 23.1 Å². The summed E-state index contributed by atoms with van der Waals surface area (Å²) >= 11 is 6.26. The van der Waals surface area contributed by atoms with Crippen molar-refractivity contribution >= 4 is 29.3 Å². The normalized spacial score (nSPS) is 18.7. The van der Waals surface area contributed by atoms with Crippen LogP contribution in [-0.2, 0) is 9.53 Å². The van der Waals surface area contributed by atoms with Crippen molar-refractivity contribution in [1.29, 1.82) is 0 Å². The first-order valence-electron chi connectivity index (χ1n) is 15.0. The van der Waals surface area contributed by atoms with E-state index in [2.05, 4.69) is 15.3 Å². The number of alkyl halides is 3. The number of esters is 1. The molecule has 2 saturated heterocycles. The average molecular weight is 648 g/mol. The molecule has 9 nitrogen and oxygen atoms in total. The van der Waals surface area contributed by atoms with Crippen LogP contribution in [0.15, 0.2) is 48.5 Å². The molecule has 0 amide bonds. The van der Waals surface area contributed by atoms with E-state index < -0.39 is 12.3 Å². The van der Waals surface area contributed by atoms with Crippen LogP contribution in [0.5, 0.6) is 11.6 Å². The maximum atomic E-state index is 14.7. The van der Waals surface area contributed by atoms with Crippen molar-refractivity contribution in [2.75, 3.05) is 36.9 Å². The molecule has 3 aromatic rings. The number of carbonyl (C=O) groups is 1. The second-order valence-corrected chi connectivity index (χ2v) is 12.2. The lowest BCUT2D eigenvalue weighted by molar-refractivity contribution is -0.198. The van der Waals surface area contributed by atoms with Gasteiger partial charge in [-0.25, -0.2) is 0 Å². The molecule has 2 aliphatic heterocycles. The molecule has 13 heteroatoms. The minimum atomic E-state index is -4.81. The Labute approximate surface area is 265 Å². The van der Waals surface area contributed by atoms with Crippen LogP contribution in [0.2, 0.25) is 5.02 Å². The number of anilines is 2. The van der Waals surface area contributed by atoms with E-state index in [9.17, 15) is 18.0 Å². The summed E-state index contributed by atoms with van der Waals surface area (Å²) < 4.78 is 60.6. The van der Waals surface area contributed by atoms with Gasteiger partial charge in [-0.05, 0) is 80.8 Å². The van der Waals surface area contributed by atoms with E-state index in [4.69, 9.17) is 31.5 Å². The molecule has 3 N–H and O–H groups in total. The van der Waals surface area contributed by atoms with E-state index in [1.54, 1.807) is 31.2 Å². The summed E-state index contributed by atoms with van der Waals surface area (Å²) in [5.41, 5.74) is 6.49. The van der Waals surface area contributed by atoms with Crippen molar-refractivity contribution in [1.82, 2.24) is 15.3 Å². The largest absolute Gasteiger partial charge is 0.491 e. The number of nitrogens with one attached hydrogen (secondary N) is 1. The van der Waals surface area contributed by atoms with Gasteiger partial charge in [0.05, 0.1) is 12.7 Å². The highest BCUT2D eigenvalue weighted by Gasteiger charge is 2.46. The van der Waals surface area contributed by atoms with Crippen molar-refractivity contribution in [3.8, 4) is 22.8 Å². The Kier molecular flexibility index (Phi) is 9.64. The molecule has 2 aromatic carbocycles. The van der Waals surface area contributed by atoms with Gasteiger partial charge >= 0.3 is 12.1 Å². The zero-order valence-corrected chi connectivity index (χ0v) is 26.1. The van der Waals surface area contributed by atoms with Gasteiger partial charge in [-0.1, -0.05) is 29.8 Å². The molecule has 2 aliphatic rings. The number of aromatic nitrogens is 2. The summed E-state index contributed by atoms with van der Waals surface area (Å²) in [6.07, 6.45) is -5.12. The molecule has 1 aromatic heterocycles. The van der Waals surface area contributed by atoms with Crippen molar-refractivity contribution < 1.29 is 32.2 Å². The number of rotatable bonds is 9. The van der Waals surface area contributed by atoms with Gasteiger partial charge in [-0.15, -0.1) is 0 Å². The lowest BCUT2D eigenvalue weighted by Gasteiger charge is -2.39. The zero-order valence-electron chi connectivity index (χ0n) is 25.4. The van der Waals surface area contributed by atoms with Crippen LogP contribution in [0.25, 0.3) is 11.1 Å². The van der Waals surface area contributed by atoms with Crippen molar-refractivity contribution in [2.45, 2.75) is 64.5 Å². The molecule has 5 rings (SSSR count). The molecule has 0 radical (unpaired) electrons. The molecular formula is C32H37ClF3N5O4. The lowest BCUT2D eigenvalue weighted by Crippen LogP contribution is -2.41. The molecule has 2 atom stereocenters. The average Bonchev–Trinajstić information content (AvgIpc) is 3.39. The quantitative estimate of drug-likeness (QED) is 0.256. The summed E-state index contributed by atoms with van der Waals surface area (Å²) in [5, 5.41) is 3.55. The molecule has 45 heavy (non-hydrogen) atoms. The molecule has 242 valence electrons. The highest BCUT2D eigenvalue weighted by molar-refractivity contribution is 6.30. The second-order valence-electron chi connectivity index (χ2n) is 11.8. The predicted molar refractivity (Wildman–Crippen MR) is 165 cm³/mol. The fraction of sp³-hybridized carbons (Fsp3) is 0.469. The number of hydrogen-bond acceptors (Lipinski definition) is 9. The third-order valence-corrected chi connectivity index (χ3v) is 8.37. The first kappa shape index (κ1) is 32.6. The molecule has 2 fully saturated rings. The van der Waals surface area contributed by atoms with Gasteiger partial charge in [0.2, 0.25) is 17.9 Å². The monoisotopic (exact) mass is 647 g/mol. The summed E-state index contributed by atoms with van der Waals surface area (Å²) in [4.78, 5) is 22.5. The number of ether oxygens (including phenoxy) is 3. The number of benzene rings is 2. The predicted octanol–water partition coefficient (Wildman–Crippen LogP) is 6.36. The minimum Gasteiger partial charge on any atom is -0.491 e. The van der Waals surface area contributed by atoms with E-state index >= 15 is 0 Å². The molecule has 0 bridgehead atoms. The number of nitrogen functional groups attached to an aromatic ring is 1. The fourth-order valence-corrected chi connectivity index (χ4v) is 6.19. The number of hydrogen-bond donors (Lipinski definition) is 2. The SMILES string of the molecule is CCOC(=O)C1CC2(CCN(c3cc(O[C@H](c4ccc(Cl)cc4-c4cccc(OC(C)C)c4)C(F)(F)F)nc(N)n3)CC2)CN1. The number of carbonyl (C=O) groups excluding carboxylic acids is 1. The third kappa shape index (κ3) is 7.73. The van der Waals surface area contributed by atoms with E-state index in [0.29, 0.717) is 49.8 Å². The van der Waals surface area contributed by atoms with Crippen LogP contribution in [0.1, 0.15) is 51.7 Å². The van der Waals surface area contributed by atoms with E-state index in [0.717, 1.165) is 12.8 Å². The summed E-state index contributed by atoms with van der Waals surface area (Å²) in [6.45, 7) is 7.67. The second kappa shape index (κ2) is 13.3. The minimum absolute atomic E-state index is 0.0737. The summed E-state index contributed by atoms with van der Waals surface area (Å²) in [5.74, 6) is 0.128. The van der Waals surface area contributed by atoms with Gasteiger partial charge < -0.3 is 30.2 Å². The Morgan fingerprint density at radius 1 is 1.13 bits per heavy atom. The molecule has 0 aliphatic carbocycles. The number of piperidine rings is 1. The van der Waals surface area contributed by atoms with Crippen molar-refractivity contribution in [2.24, 2.45) is 5.41 Å². The number of nitrogens with two attached hydrogens (primary N) is 1. The van der Waals surface area contributed by atoms with Gasteiger partial charge in [0.15, 0.2) is 0 Å². The summed E-state index contributed by atoms with van der Waals surface area (Å²) in [6, 6.07) is 12.0. The van der Waals surface area contributed by atoms with Crippen LogP contribution in [0.3, 0.4) is 0 Å². The fourth-order valence-electron chi connectivity index (χ4n) is 6.01. The van der Waals surface area contributed by atoms with Gasteiger partial charge in [-0.3, -0.25) is 4.79 Å². The van der Waals surface area contributed by atoms with Gasteiger partial charge in [0.25, 0.3) is 0 Å². The Bertz CT molecular complexity index is 1510. The van der Waals surface area contributed by atoms with Crippen LogP contribution < -0.4 is 25.4 Å². The highest BCUT2D eigenvalue weighted by atomic mass is 35.5. The van der Waals surface area contributed by atoms with E-state index in [1.807, 2.05) is 18.7 Å². The number of nitrogens with zero attached hydrogens (tertiary/aromatic N) is 3. The third-order valence-electron chi connectivity index (χ3n) is 8.14. The lowest BCUT2D eigenvalue weighted by atomic mass is 9.76. The molecule has 0 saturated carbocycles. The Morgan fingerprint density at radius 2 is 1.89 bits per heavy atom. The van der Waals surface area contributed by atoms with Crippen LogP contribution >= 0.6 is 11.6 Å². The maximum Gasteiger partial charge on any atom is 0.429 e. The van der Waals surface area contributed by atoms with Gasteiger partial charge in [0, 0.05) is 36.3 Å². The Balaban J connectivity index is 1.38. The molecule has 1 unspecified atom stereocenters. The topological polar surface area (TPSA) is 112 Å². The highest BCUT2D eigenvalue weighted by Crippen LogP contribution is 2.44. The zero-order chi connectivity index (χ0) is 32.4. The number of halogens is 4. The van der Waals surface area contributed by atoms with Crippen LogP contribution in [-0.4, -0.2) is 60.5 Å². The van der Waals surface area contributed by atoms with Crippen molar-refractivity contribution in [3.05, 3.63) is 59.1 Å². The first-order chi connectivity index (χ1) is 21.4. The van der Waals surface area contributed by atoms with Gasteiger partial charge in [0.1, 0.15) is 17.6 Å². The Hall–Kier alpha value is -3.77. The molecule has 3 heterocycles. The summed E-state index contributed by atoms with van der Waals surface area (Å²) in [7, 11) is 0. The van der Waals surface area contributed by atoms with Crippen LogP contribution in [0.4, 0.5) is 24.9 Å². The Morgan fingerprint density at radius 3 is 2.58 bits per heavy atom. The maximum absolute atomic E-state index is 14.7. The first-order valence-corrected chi connectivity index (χ1v) is 15.3. The van der Waals surface area contributed by atoms with Crippen molar-refractivity contribution in [3.63, 3.8) is 0 Å². The van der Waals surface area contributed by atoms with Crippen LogP contribution in [0, 0.1) is 5.41 Å². The van der Waals surface area contributed by atoms with E-state index in [1.165, 1.54) is 24.3 Å². The molecular weight excluding hydrogens is 611 g/mol. The standard InChI is InChI=1S/C32H37ClF3N5O4/c1-4-43-29(42)25-17-31(18-38-25)10-12-41(13-11-31)26-16-27(40-30(37)39-26)45-28(32(34,35)36)23-9-8-21(33)15-24(23)20-6-5-7-22(14-20)44-19(2)3/h5-9,14-16,19,25,28,38H,4,10-13,17-18H2,1-3H3,(H2,37,39,40)/t25?,28-/m1/s1. The molecule has 1 spiro atoms. The van der Waals surface area contributed by atoms with E-state index in [-0.39, 0.29) is 51.5 Å².